The SMILES string of the molecule is COc1ccc(C2N=c3ccccc3=C3C(=O)NC(SCc4ccc(C)cc4)=NN32)c(OC)c1. The number of ether oxygens (including phenoxy) is 2. The number of para-hydroxylation sites is 1. The molecule has 2 aliphatic heterocycles. The second-order valence-electron chi connectivity index (χ2n) is 7.95. The maximum absolute atomic E-state index is 13.3. The molecule has 2 aliphatic rings. The highest BCUT2D eigenvalue weighted by molar-refractivity contribution is 8.13. The molecule has 7 nitrogen and oxygen atoms in total. The number of benzene rings is 3. The Balaban J connectivity index is 1.58. The zero-order valence-corrected chi connectivity index (χ0v) is 19.9. The predicted molar refractivity (Wildman–Crippen MR) is 133 cm³/mol. The molecule has 0 bridgehead atoms. The maximum Gasteiger partial charge on any atom is 0.276 e. The van der Waals surface area contributed by atoms with Crippen molar-refractivity contribution in [1.29, 1.82) is 0 Å². The lowest BCUT2D eigenvalue weighted by Crippen LogP contribution is -2.50. The first-order chi connectivity index (χ1) is 16.6. The molecule has 0 aliphatic carbocycles. The van der Waals surface area contributed by atoms with Crippen LogP contribution in [0.25, 0.3) is 5.70 Å². The van der Waals surface area contributed by atoms with Gasteiger partial charge in [0.1, 0.15) is 17.2 Å². The lowest BCUT2D eigenvalue weighted by atomic mass is 10.1. The molecule has 1 atom stereocenters. The van der Waals surface area contributed by atoms with Crippen molar-refractivity contribution in [2.24, 2.45) is 10.1 Å². The third-order valence-corrected chi connectivity index (χ3v) is 6.67. The zero-order chi connectivity index (χ0) is 23.7. The van der Waals surface area contributed by atoms with Gasteiger partial charge in [-0.25, -0.2) is 5.01 Å². The molecular weight excluding hydrogens is 448 g/mol. The van der Waals surface area contributed by atoms with Crippen molar-refractivity contribution in [2.45, 2.75) is 18.8 Å². The van der Waals surface area contributed by atoms with E-state index in [9.17, 15) is 4.79 Å². The highest BCUT2D eigenvalue weighted by Crippen LogP contribution is 2.37. The minimum atomic E-state index is -0.563. The number of rotatable bonds is 5. The van der Waals surface area contributed by atoms with Gasteiger partial charge in [0.25, 0.3) is 5.91 Å². The number of methoxy groups -OCH3 is 2. The van der Waals surface area contributed by atoms with Gasteiger partial charge in [-0.3, -0.25) is 15.1 Å². The Kier molecular flexibility index (Phi) is 5.98. The van der Waals surface area contributed by atoms with Crippen LogP contribution in [0.4, 0.5) is 0 Å². The van der Waals surface area contributed by atoms with Crippen LogP contribution in [-0.2, 0) is 10.5 Å². The predicted octanol–water partition coefficient (Wildman–Crippen LogP) is 3.09. The highest BCUT2D eigenvalue weighted by Gasteiger charge is 2.35. The normalized spacial score (nSPS) is 16.6. The minimum absolute atomic E-state index is 0.207. The Morgan fingerprint density at radius 2 is 1.82 bits per heavy atom. The standard InChI is InChI=1S/C26H24N4O3S/c1-16-8-10-17(11-9-16)15-34-26-28-25(31)23-19-6-4-5-7-21(19)27-24(30(23)29-26)20-13-12-18(32-2)14-22(20)33-3/h4-14,24H,15H2,1-3H3,(H,28,29,31). The maximum atomic E-state index is 13.3. The van der Waals surface area contributed by atoms with Crippen molar-refractivity contribution in [3.05, 3.63) is 94.0 Å². The van der Waals surface area contributed by atoms with Gasteiger partial charge in [0, 0.05) is 22.6 Å². The summed E-state index contributed by atoms with van der Waals surface area (Å²) in [6.07, 6.45) is -0.563. The molecule has 0 saturated heterocycles. The fourth-order valence-electron chi connectivity index (χ4n) is 3.96. The van der Waals surface area contributed by atoms with Gasteiger partial charge < -0.3 is 9.47 Å². The summed E-state index contributed by atoms with van der Waals surface area (Å²) in [5.41, 5.74) is 3.62. The third kappa shape index (κ3) is 4.12. The summed E-state index contributed by atoms with van der Waals surface area (Å²) in [7, 11) is 3.22. The van der Waals surface area contributed by atoms with Gasteiger partial charge in [-0.15, -0.1) is 5.10 Å². The molecule has 2 heterocycles. The zero-order valence-electron chi connectivity index (χ0n) is 19.1. The first-order valence-electron chi connectivity index (χ1n) is 10.8. The van der Waals surface area contributed by atoms with Crippen LogP contribution in [0.15, 0.2) is 76.8 Å². The summed E-state index contributed by atoms with van der Waals surface area (Å²) in [6, 6.07) is 21.5. The van der Waals surface area contributed by atoms with Crippen LogP contribution in [0.2, 0.25) is 0 Å². The molecule has 3 aromatic carbocycles. The van der Waals surface area contributed by atoms with E-state index in [1.807, 2.05) is 42.5 Å². The van der Waals surface area contributed by atoms with Crippen molar-refractivity contribution in [3.8, 4) is 11.5 Å². The number of nitrogens with one attached hydrogen (secondary N) is 1. The van der Waals surface area contributed by atoms with Gasteiger partial charge in [-0.1, -0.05) is 59.8 Å². The molecule has 8 heteroatoms. The summed E-state index contributed by atoms with van der Waals surface area (Å²) in [6.45, 7) is 2.06. The highest BCUT2D eigenvalue weighted by atomic mass is 32.2. The van der Waals surface area contributed by atoms with Crippen molar-refractivity contribution in [2.75, 3.05) is 14.2 Å². The Morgan fingerprint density at radius 3 is 2.59 bits per heavy atom. The van der Waals surface area contributed by atoms with Crippen LogP contribution in [0, 0.1) is 6.92 Å². The monoisotopic (exact) mass is 472 g/mol. The van der Waals surface area contributed by atoms with E-state index in [4.69, 9.17) is 19.6 Å². The minimum Gasteiger partial charge on any atom is -0.497 e. The van der Waals surface area contributed by atoms with Crippen molar-refractivity contribution in [1.82, 2.24) is 10.3 Å². The van der Waals surface area contributed by atoms with Crippen LogP contribution in [-0.4, -0.2) is 30.3 Å². The van der Waals surface area contributed by atoms with Gasteiger partial charge in [0.2, 0.25) is 0 Å². The van der Waals surface area contributed by atoms with E-state index in [2.05, 4.69) is 36.5 Å². The van der Waals surface area contributed by atoms with E-state index < -0.39 is 6.17 Å². The largest absolute Gasteiger partial charge is 0.497 e. The lowest BCUT2D eigenvalue weighted by Gasteiger charge is -2.34. The second-order valence-corrected chi connectivity index (χ2v) is 8.92. The first kappa shape index (κ1) is 22.0. The number of hydrogen-bond acceptors (Lipinski definition) is 7. The molecule has 0 aromatic heterocycles. The Bertz CT molecular complexity index is 1400. The van der Waals surface area contributed by atoms with Gasteiger partial charge in [0.05, 0.1) is 19.6 Å². The van der Waals surface area contributed by atoms with Crippen LogP contribution >= 0.6 is 11.8 Å². The fourth-order valence-corrected chi connectivity index (χ4v) is 4.77. The molecule has 0 saturated carbocycles. The number of nitrogens with zero attached hydrogens (tertiary/aromatic N) is 3. The summed E-state index contributed by atoms with van der Waals surface area (Å²) in [5, 5.41) is 11.5. The van der Waals surface area contributed by atoms with E-state index >= 15 is 0 Å². The van der Waals surface area contributed by atoms with Gasteiger partial charge in [-0.05, 0) is 30.7 Å². The number of aryl methyl sites for hydroxylation is 1. The van der Waals surface area contributed by atoms with E-state index in [1.54, 1.807) is 19.2 Å². The fraction of sp³-hybridized carbons (Fsp3) is 0.192. The summed E-state index contributed by atoms with van der Waals surface area (Å²) in [4.78, 5) is 18.3. The number of carbonyl (C=O) groups is 1. The summed E-state index contributed by atoms with van der Waals surface area (Å²) in [5.74, 6) is 1.77. The van der Waals surface area contributed by atoms with Crippen LogP contribution in [0.5, 0.6) is 11.5 Å². The molecule has 34 heavy (non-hydrogen) atoms. The van der Waals surface area contributed by atoms with Gasteiger partial charge >= 0.3 is 0 Å². The molecule has 0 spiro atoms. The van der Waals surface area contributed by atoms with Crippen molar-refractivity contribution >= 4 is 28.5 Å². The second kappa shape index (κ2) is 9.23. The van der Waals surface area contributed by atoms with Crippen molar-refractivity contribution < 1.29 is 14.3 Å². The average Bonchev–Trinajstić information content (AvgIpc) is 2.87. The summed E-state index contributed by atoms with van der Waals surface area (Å²) < 4.78 is 11.0. The van der Waals surface area contributed by atoms with Crippen molar-refractivity contribution in [3.63, 3.8) is 0 Å². The smallest absolute Gasteiger partial charge is 0.276 e. The third-order valence-electron chi connectivity index (χ3n) is 5.73. The number of thioether (sulfide) groups is 1. The molecule has 1 unspecified atom stereocenters. The molecule has 1 amide bonds. The number of hydrogen-bond donors (Lipinski definition) is 1. The van der Waals surface area contributed by atoms with Crippen LogP contribution in [0.1, 0.15) is 22.9 Å². The average molecular weight is 473 g/mol. The quantitative estimate of drug-likeness (QED) is 0.618. The molecular formula is C26H24N4O3S. The van der Waals surface area contributed by atoms with E-state index in [-0.39, 0.29) is 5.91 Å². The van der Waals surface area contributed by atoms with E-state index in [0.29, 0.717) is 28.1 Å². The number of amides is 1. The molecule has 0 radical (unpaired) electrons. The van der Waals surface area contributed by atoms with E-state index in [0.717, 1.165) is 21.7 Å². The lowest BCUT2D eigenvalue weighted by molar-refractivity contribution is -0.116. The molecule has 1 N–H and O–H groups in total. The molecule has 5 rings (SSSR count). The molecule has 172 valence electrons. The number of carbonyl (C=O) groups excluding carboxylic acids is 1. The van der Waals surface area contributed by atoms with E-state index in [1.165, 1.54) is 17.3 Å². The Hall–Kier alpha value is -3.78. The Labute approximate surface area is 201 Å². The Morgan fingerprint density at radius 1 is 1.03 bits per heavy atom. The summed E-state index contributed by atoms with van der Waals surface area (Å²) >= 11 is 1.48. The number of amidine groups is 1. The topological polar surface area (TPSA) is 75.5 Å². The van der Waals surface area contributed by atoms with Gasteiger partial charge in [-0.2, -0.15) is 0 Å². The van der Waals surface area contributed by atoms with Gasteiger partial charge in [0.15, 0.2) is 11.3 Å². The first-order valence-corrected chi connectivity index (χ1v) is 11.8. The molecule has 3 aromatic rings. The van der Waals surface area contributed by atoms with Crippen LogP contribution in [0.3, 0.4) is 0 Å². The number of hydrazone groups is 1. The number of fused-ring (bicyclic) bond motifs is 2. The van der Waals surface area contributed by atoms with Crippen LogP contribution < -0.4 is 25.4 Å². The molecule has 0 fully saturated rings.